The van der Waals surface area contributed by atoms with Gasteiger partial charge in [0.05, 0.1) is 10.9 Å². The molecule has 0 bridgehead atoms. The summed E-state index contributed by atoms with van der Waals surface area (Å²) in [6.45, 7) is 2.35. The molecule has 1 aliphatic rings. The van der Waals surface area contributed by atoms with Crippen LogP contribution in [-0.2, 0) is 14.6 Å². The summed E-state index contributed by atoms with van der Waals surface area (Å²) in [5.41, 5.74) is 2.07. The maximum atomic E-state index is 14.4. The average Bonchev–Trinajstić information content (AvgIpc) is 2.87. The fourth-order valence-electron chi connectivity index (χ4n) is 5.27. The standard InChI is InChI=1S/C30H25Cl2F2NO2S/c1-30(22-15-26(33)17-27(34)16-22,38(36,37)28-5-3-2-4-6-28)23-18-35(19-23)29(20-7-11-24(31)12-8-20)21-9-13-25(32)14-10-21/h2-17,23,29H,18-19H2,1H3/t30-/m0/s1. The van der Waals surface area contributed by atoms with Gasteiger partial charge < -0.3 is 0 Å². The maximum Gasteiger partial charge on any atom is 0.188 e. The normalized spacial score (nSPS) is 16.3. The summed E-state index contributed by atoms with van der Waals surface area (Å²) in [5.74, 6) is -2.06. The summed E-state index contributed by atoms with van der Waals surface area (Å²) in [5, 5.41) is 1.22. The Balaban J connectivity index is 1.56. The van der Waals surface area contributed by atoms with Crippen LogP contribution in [0.2, 0.25) is 10.0 Å². The number of hydrogen-bond acceptors (Lipinski definition) is 3. The first kappa shape index (κ1) is 26.8. The summed E-state index contributed by atoms with van der Waals surface area (Å²) >= 11 is 12.3. The Kier molecular flexibility index (Phi) is 7.35. The highest BCUT2D eigenvalue weighted by Gasteiger charge is 2.54. The zero-order valence-corrected chi connectivity index (χ0v) is 22.8. The number of halogens is 4. The van der Waals surface area contributed by atoms with Crippen LogP contribution in [0.4, 0.5) is 8.78 Å². The Bertz CT molecular complexity index is 1480. The van der Waals surface area contributed by atoms with Crippen LogP contribution < -0.4 is 0 Å². The number of sulfone groups is 1. The van der Waals surface area contributed by atoms with E-state index in [0.717, 1.165) is 29.3 Å². The molecule has 0 N–H and O–H groups in total. The van der Waals surface area contributed by atoms with E-state index in [9.17, 15) is 17.2 Å². The van der Waals surface area contributed by atoms with Gasteiger partial charge in [-0.2, -0.15) is 0 Å². The summed E-state index contributed by atoms with van der Waals surface area (Å²) in [6.07, 6.45) is 0. The molecule has 4 aromatic rings. The molecule has 196 valence electrons. The summed E-state index contributed by atoms with van der Waals surface area (Å²) < 4.78 is 55.4. The second kappa shape index (κ2) is 10.4. The molecule has 1 heterocycles. The van der Waals surface area contributed by atoms with Crippen molar-refractivity contribution >= 4 is 33.0 Å². The van der Waals surface area contributed by atoms with Crippen molar-refractivity contribution in [2.45, 2.75) is 22.6 Å². The van der Waals surface area contributed by atoms with E-state index in [0.29, 0.717) is 23.1 Å². The largest absolute Gasteiger partial charge is 0.292 e. The van der Waals surface area contributed by atoms with Gasteiger partial charge in [0, 0.05) is 35.1 Å². The van der Waals surface area contributed by atoms with E-state index < -0.39 is 32.1 Å². The topological polar surface area (TPSA) is 37.4 Å². The van der Waals surface area contributed by atoms with Gasteiger partial charge in [-0.25, -0.2) is 17.2 Å². The third-order valence-corrected chi connectivity index (χ3v) is 10.6. The van der Waals surface area contributed by atoms with Gasteiger partial charge in [-0.05, 0) is 72.1 Å². The van der Waals surface area contributed by atoms with Crippen LogP contribution >= 0.6 is 23.2 Å². The Morgan fingerprint density at radius 2 is 1.26 bits per heavy atom. The molecule has 0 aliphatic carbocycles. The molecule has 1 saturated heterocycles. The molecule has 0 spiro atoms. The van der Waals surface area contributed by atoms with E-state index in [4.69, 9.17) is 23.2 Å². The molecule has 0 radical (unpaired) electrons. The van der Waals surface area contributed by atoms with E-state index in [1.807, 2.05) is 48.5 Å². The number of nitrogens with zero attached hydrogens (tertiary/aromatic N) is 1. The van der Waals surface area contributed by atoms with Crippen LogP contribution in [0.1, 0.15) is 29.7 Å². The van der Waals surface area contributed by atoms with E-state index >= 15 is 0 Å². The molecule has 0 saturated carbocycles. The second-order valence-electron chi connectivity index (χ2n) is 9.74. The highest BCUT2D eigenvalue weighted by atomic mass is 35.5. The lowest BCUT2D eigenvalue weighted by Crippen LogP contribution is -2.58. The molecule has 1 fully saturated rings. The number of rotatable bonds is 7. The lowest BCUT2D eigenvalue weighted by atomic mass is 9.79. The van der Waals surface area contributed by atoms with Gasteiger partial charge in [0.1, 0.15) is 16.4 Å². The van der Waals surface area contributed by atoms with E-state index in [1.54, 1.807) is 25.1 Å². The van der Waals surface area contributed by atoms with Crippen molar-refractivity contribution in [3.05, 3.63) is 135 Å². The van der Waals surface area contributed by atoms with Crippen LogP contribution in [0, 0.1) is 17.6 Å². The maximum absolute atomic E-state index is 14.4. The number of hydrogen-bond donors (Lipinski definition) is 0. The molecule has 4 aromatic carbocycles. The van der Waals surface area contributed by atoms with Gasteiger partial charge in [-0.1, -0.05) is 65.7 Å². The van der Waals surface area contributed by atoms with Crippen molar-refractivity contribution in [2.24, 2.45) is 5.92 Å². The smallest absolute Gasteiger partial charge is 0.188 e. The third-order valence-electron chi connectivity index (χ3n) is 7.47. The van der Waals surface area contributed by atoms with Crippen LogP contribution in [0.5, 0.6) is 0 Å². The van der Waals surface area contributed by atoms with Crippen molar-refractivity contribution in [3.8, 4) is 0 Å². The first-order valence-electron chi connectivity index (χ1n) is 12.1. The summed E-state index contributed by atoms with van der Waals surface area (Å²) in [7, 11) is -4.03. The van der Waals surface area contributed by atoms with Crippen molar-refractivity contribution in [2.75, 3.05) is 13.1 Å². The number of benzene rings is 4. The fourth-order valence-corrected chi connectivity index (χ4v) is 7.54. The fraction of sp³-hybridized carbons (Fsp3) is 0.200. The highest BCUT2D eigenvalue weighted by Crippen LogP contribution is 2.48. The lowest BCUT2D eigenvalue weighted by Gasteiger charge is -2.51. The minimum Gasteiger partial charge on any atom is -0.292 e. The van der Waals surface area contributed by atoms with Crippen LogP contribution in [0.25, 0.3) is 0 Å². The molecule has 3 nitrogen and oxygen atoms in total. The molecule has 8 heteroatoms. The van der Waals surface area contributed by atoms with Crippen LogP contribution in [-0.4, -0.2) is 26.4 Å². The molecule has 5 rings (SSSR count). The highest BCUT2D eigenvalue weighted by molar-refractivity contribution is 7.92. The van der Waals surface area contributed by atoms with Gasteiger partial charge in [0.15, 0.2) is 9.84 Å². The molecular weight excluding hydrogens is 547 g/mol. The predicted octanol–water partition coefficient (Wildman–Crippen LogP) is 7.68. The second-order valence-corrected chi connectivity index (χ2v) is 12.9. The zero-order valence-electron chi connectivity index (χ0n) is 20.5. The summed E-state index contributed by atoms with van der Waals surface area (Å²) in [6, 6.07) is 25.9. The first-order chi connectivity index (χ1) is 18.1. The monoisotopic (exact) mass is 571 g/mol. The Labute approximate surface area is 231 Å². The third kappa shape index (κ3) is 4.87. The van der Waals surface area contributed by atoms with E-state index in [1.165, 1.54) is 12.1 Å². The average molecular weight is 573 g/mol. The number of likely N-dealkylation sites (tertiary alicyclic amines) is 1. The molecule has 0 unspecified atom stereocenters. The van der Waals surface area contributed by atoms with Crippen molar-refractivity contribution < 1.29 is 17.2 Å². The molecule has 1 atom stereocenters. The Morgan fingerprint density at radius 1 is 0.789 bits per heavy atom. The van der Waals surface area contributed by atoms with Crippen molar-refractivity contribution in [3.63, 3.8) is 0 Å². The molecule has 1 aliphatic heterocycles. The van der Waals surface area contributed by atoms with E-state index in [2.05, 4.69) is 4.90 Å². The molecular formula is C30H25Cl2F2NO2S. The Morgan fingerprint density at radius 3 is 1.74 bits per heavy atom. The van der Waals surface area contributed by atoms with Gasteiger partial charge >= 0.3 is 0 Å². The van der Waals surface area contributed by atoms with Crippen LogP contribution in [0.15, 0.2) is 102 Å². The molecule has 0 aromatic heterocycles. The van der Waals surface area contributed by atoms with Gasteiger partial charge in [-0.3, -0.25) is 4.90 Å². The quantitative estimate of drug-likeness (QED) is 0.228. The van der Waals surface area contributed by atoms with Gasteiger partial charge in [0.2, 0.25) is 0 Å². The lowest BCUT2D eigenvalue weighted by molar-refractivity contribution is 0.0437. The van der Waals surface area contributed by atoms with E-state index in [-0.39, 0.29) is 16.5 Å². The van der Waals surface area contributed by atoms with Crippen molar-refractivity contribution in [1.29, 1.82) is 0 Å². The van der Waals surface area contributed by atoms with Gasteiger partial charge in [0.25, 0.3) is 0 Å². The molecule has 38 heavy (non-hydrogen) atoms. The Hall–Kier alpha value is -2.77. The minimum absolute atomic E-state index is 0.0954. The molecule has 0 amide bonds. The SMILES string of the molecule is C[C@](c1cc(F)cc(F)c1)(C1CN(C(c2ccc(Cl)cc2)c2ccc(Cl)cc2)C1)S(=O)(=O)c1ccccc1. The minimum atomic E-state index is -4.03. The van der Waals surface area contributed by atoms with Gasteiger partial charge in [-0.15, -0.1) is 0 Å². The first-order valence-corrected chi connectivity index (χ1v) is 14.3. The summed E-state index contributed by atoms with van der Waals surface area (Å²) in [4.78, 5) is 2.27. The zero-order chi connectivity index (χ0) is 27.1. The van der Waals surface area contributed by atoms with Crippen molar-refractivity contribution in [1.82, 2.24) is 4.90 Å². The predicted molar refractivity (Wildman–Crippen MR) is 147 cm³/mol. The van der Waals surface area contributed by atoms with Crippen LogP contribution in [0.3, 0.4) is 0 Å².